The average Bonchev–Trinajstić information content (AvgIpc) is 2.45. The van der Waals surface area contributed by atoms with Crippen molar-refractivity contribution in [1.29, 1.82) is 0 Å². The van der Waals surface area contributed by atoms with E-state index in [1.165, 1.54) is 0 Å². The molecule has 0 heterocycles. The van der Waals surface area contributed by atoms with Crippen LogP contribution in [-0.4, -0.2) is 21.6 Å². The van der Waals surface area contributed by atoms with Crippen LogP contribution in [0.3, 0.4) is 0 Å². The van der Waals surface area contributed by atoms with E-state index < -0.39 is 10.0 Å². The molecule has 0 saturated carbocycles. The molecule has 5 heteroatoms. The summed E-state index contributed by atoms with van der Waals surface area (Å²) in [6, 6.07) is 11.1. The summed E-state index contributed by atoms with van der Waals surface area (Å²) in [6.45, 7) is 8.37. The van der Waals surface area contributed by atoms with Gasteiger partial charge in [-0.1, -0.05) is 12.1 Å². The maximum absolute atomic E-state index is 12.2. The van der Waals surface area contributed by atoms with E-state index in [1.54, 1.807) is 12.1 Å². The summed E-state index contributed by atoms with van der Waals surface area (Å²) >= 11 is 0. The second-order valence-electron chi connectivity index (χ2n) is 5.82. The van der Waals surface area contributed by atoms with Crippen LogP contribution in [0.15, 0.2) is 41.3 Å². The van der Waals surface area contributed by atoms with Crippen molar-refractivity contribution < 1.29 is 13.2 Å². The van der Waals surface area contributed by atoms with Gasteiger partial charge in [-0.25, -0.2) is 13.1 Å². The molecule has 124 valence electrons. The molecule has 0 aliphatic rings. The van der Waals surface area contributed by atoms with Gasteiger partial charge in [0.2, 0.25) is 10.0 Å². The van der Waals surface area contributed by atoms with Gasteiger partial charge in [0, 0.05) is 6.54 Å². The Kier molecular flexibility index (Phi) is 5.44. The van der Waals surface area contributed by atoms with Gasteiger partial charge in [0.1, 0.15) is 12.4 Å². The van der Waals surface area contributed by atoms with Gasteiger partial charge in [-0.15, -0.1) is 0 Å². The minimum Gasteiger partial charge on any atom is -0.492 e. The van der Waals surface area contributed by atoms with Crippen LogP contribution in [0.4, 0.5) is 0 Å². The number of rotatable bonds is 6. The summed E-state index contributed by atoms with van der Waals surface area (Å²) in [5.74, 6) is 0.757. The monoisotopic (exact) mass is 333 g/mol. The number of hydrogen-bond donors (Lipinski definition) is 1. The Morgan fingerprint density at radius 2 is 1.57 bits per heavy atom. The molecule has 23 heavy (non-hydrogen) atoms. The normalized spacial score (nSPS) is 11.5. The van der Waals surface area contributed by atoms with Crippen molar-refractivity contribution in [3.63, 3.8) is 0 Å². The van der Waals surface area contributed by atoms with Gasteiger partial charge in [-0.3, -0.25) is 0 Å². The highest BCUT2D eigenvalue weighted by Gasteiger charge is 2.14. The highest BCUT2D eigenvalue weighted by molar-refractivity contribution is 7.89. The fourth-order valence-electron chi connectivity index (χ4n) is 2.33. The predicted octanol–water partition coefficient (Wildman–Crippen LogP) is 3.28. The zero-order valence-corrected chi connectivity index (χ0v) is 14.8. The summed E-state index contributed by atoms with van der Waals surface area (Å²) in [7, 11) is -3.50. The number of aryl methyl sites for hydroxylation is 4. The summed E-state index contributed by atoms with van der Waals surface area (Å²) < 4.78 is 32.7. The van der Waals surface area contributed by atoms with E-state index in [0.29, 0.717) is 0 Å². The molecule has 0 aromatic heterocycles. The number of nitrogens with one attached hydrogen (secondary N) is 1. The van der Waals surface area contributed by atoms with Crippen LogP contribution >= 0.6 is 0 Å². The third-order valence-electron chi connectivity index (χ3n) is 3.65. The molecule has 0 aliphatic heterocycles. The lowest BCUT2D eigenvalue weighted by atomic mass is 10.1. The molecule has 0 radical (unpaired) electrons. The van der Waals surface area contributed by atoms with Gasteiger partial charge in [0.25, 0.3) is 0 Å². The topological polar surface area (TPSA) is 55.4 Å². The minimum absolute atomic E-state index is 0.224. The molecule has 0 aliphatic carbocycles. The lowest BCUT2D eigenvalue weighted by molar-refractivity contribution is 0.322. The number of benzene rings is 2. The smallest absolute Gasteiger partial charge is 0.240 e. The first-order chi connectivity index (χ1) is 10.8. The Balaban J connectivity index is 1.93. The number of ether oxygens (including phenoxy) is 1. The van der Waals surface area contributed by atoms with Crippen LogP contribution in [0, 0.1) is 27.7 Å². The number of sulfonamides is 1. The van der Waals surface area contributed by atoms with Crippen molar-refractivity contribution in [2.24, 2.45) is 0 Å². The van der Waals surface area contributed by atoms with Crippen molar-refractivity contribution in [1.82, 2.24) is 4.72 Å². The molecule has 0 fully saturated rings. The standard InChI is InChI=1S/C18H23NO3S/c1-13-9-14(2)11-17(10-13)22-8-7-19-23(20,21)18-6-5-15(3)16(4)12-18/h5-6,9-12,19H,7-8H2,1-4H3. The van der Waals surface area contributed by atoms with Crippen molar-refractivity contribution >= 4 is 10.0 Å². The minimum atomic E-state index is -3.50. The van der Waals surface area contributed by atoms with Crippen molar-refractivity contribution in [3.05, 3.63) is 58.7 Å². The Bertz CT molecular complexity index is 778. The fourth-order valence-corrected chi connectivity index (χ4v) is 3.42. The van der Waals surface area contributed by atoms with Crippen LogP contribution in [0.5, 0.6) is 5.75 Å². The SMILES string of the molecule is Cc1cc(C)cc(OCCNS(=O)(=O)c2ccc(C)c(C)c2)c1. The van der Waals surface area contributed by atoms with Gasteiger partial charge in [-0.2, -0.15) is 0 Å². The molecule has 0 amide bonds. The largest absolute Gasteiger partial charge is 0.492 e. The Morgan fingerprint density at radius 3 is 2.17 bits per heavy atom. The average molecular weight is 333 g/mol. The van der Waals surface area contributed by atoms with E-state index in [4.69, 9.17) is 4.74 Å². The fraction of sp³-hybridized carbons (Fsp3) is 0.333. The highest BCUT2D eigenvalue weighted by atomic mass is 32.2. The van der Waals surface area contributed by atoms with Gasteiger partial charge in [0.05, 0.1) is 4.90 Å². The lowest BCUT2D eigenvalue weighted by Crippen LogP contribution is -2.28. The highest BCUT2D eigenvalue weighted by Crippen LogP contribution is 2.16. The summed E-state index contributed by atoms with van der Waals surface area (Å²) in [5.41, 5.74) is 4.27. The van der Waals surface area contributed by atoms with E-state index in [1.807, 2.05) is 45.9 Å². The zero-order valence-electron chi connectivity index (χ0n) is 14.0. The quantitative estimate of drug-likeness (QED) is 0.826. The first-order valence-electron chi connectivity index (χ1n) is 7.56. The van der Waals surface area contributed by atoms with E-state index in [2.05, 4.69) is 10.8 Å². The first kappa shape index (κ1) is 17.5. The summed E-state index contributed by atoms with van der Waals surface area (Å²) in [4.78, 5) is 0.284. The summed E-state index contributed by atoms with van der Waals surface area (Å²) in [6.07, 6.45) is 0. The van der Waals surface area contributed by atoms with Gasteiger partial charge in [0.15, 0.2) is 0 Å². The molecule has 0 saturated heterocycles. The van der Waals surface area contributed by atoms with E-state index in [-0.39, 0.29) is 18.0 Å². The van der Waals surface area contributed by atoms with E-state index >= 15 is 0 Å². The Morgan fingerprint density at radius 1 is 0.913 bits per heavy atom. The van der Waals surface area contributed by atoms with Crippen LogP contribution in [0.1, 0.15) is 22.3 Å². The maximum atomic E-state index is 12.2. The molecule has 0 unspecified atom stereocenters. The van der Waals surface area contributed by atoms with Gasteiger partial charge in [-0.05, 0) is 74.2 Å². The van der Waals surface area contributed by atoms with Crippen LogP contribution < -0.4 is 9.46 Å². The molecule has 0 atom stereocenters. The van der Waals surface area contributed by atoms with Crippen molar-refractivity contribution in [3.8, 4) is 5.75 Å². The van der Waals surface area contributed by atoms with Crippen molar-refractivity contribution in [2.75, 3.05) is 13.2 Å². The molecule has 1 N–H and O–H groups in total. The molecule has 2 aromatic carbocycles. The molecular formula is C18H23NO3S. The van der Waals surface area contributed by atoms with E-state index in [0.717, 1.165) is 28.0 Å². The van der Waals surface area contributed by atoms with E-state index in [9.17, 15) is 8.42 Å². The second kappa shape index (κ2) is 7.15. The van der Waals surface area contributed by atoms with Crippen LogP contribution in [0.25, 0.3) is 0 Å². The number of hydrogen-bond acceptors (Lipinski definition) is 3. The molecule has 0 spiro atoms. The van der Waals surface area contributed by atoms with Crippen molar-refractivity contribution in [2.45, 2.75) is 32.6 Å². The molecule has 4 nitrogen and oxygen atoms in total. The third-order valence-corrected chi connectivity index (χ3v) is 5.11. The zero-order chi connectivity index (χ0) is 17.0. The second-order valence-corrected chi connectivity index (χ2v) is 7.58. The lowest BCUT2D eigenvalue weighted by Gasteiger charge is -2.10. The molecule has 0 bridgehead atoms. The predicted molar refractivity (Wildman–Crippen MR) is 92.5 cm³/mol. The first-order valence-corrected chi connectivity index (χ1v) is 9.04. The Labute approximate surface area is 138 Å². The van der Waals surface area contributed by atoms with Gasteiger partial charge >= 0.3 is 0 Å². The van der Waals surface area contributed by atoms with Crippen LogP contribution in [-0.2, 0) is 10.0 Å². The molecule has 2 rings (SSSR count). The molecular weight excluding hydrogens is 310 g/mol. The Hall–Kier alpha value is -1.85. The van der Waals surface area contributed by atoms with Gasteiger partial charge < -0.3 is 4.74 Å². The van der Waals surface area contributed by atoms with Crippen LogP contribution in [0.2, 0.25) is 0 Å². The molecule has 2 aromatic rings. The maximum Gasteiger partial charge on any atom is 0.240 e. The summed E-state index contributed by atoms with van der Waals surface area (Å²) in [5, 5.41) is 0. The third kappa shape index (κ3) is 4.81.